The smallest absolute Gasteiger partial charge is 0.240 e. The van der Waals surface area contributed by atoms with Crippen molar-refractivity contribution in [1.29, 1.82) is 0 Å². The lowest BCUT2D eigenvalue weighted by atomic mass is 10.0. The van der Waals surface area contributed by atoms with Crippen molar-refractivity contribution in [2.24, 2.45) is 11.7 Å². The van der Waals surface area contributed by atoms with Crippen LogP contribution in [-0.2, 0) is 9.59 Å². The molecule has 1 saturated heterocycles. The van der Waals surface area contributed by atoms with Crippen LogP contribution in [0.5, 0.6) is 0 Å². The molecule has 1 heterocycles. The molecule has 2 atom stereocenters. The fourth-order valence-electron chi connectivity index (χ4n) is 1.90. The van der Waals surface area contributed by atoms with Gasteiger partial charge in [-0.25, -0.2) is 0 Å². The Labute approximate surface area is 96.1 Å². The zero-order chi connectivity index (χ0) is 12.1. The number of hydrogen-bond donors (Lipinski definition) is 3. The van der Waals surface area contributed by atoms with E-state index >= 15 is 0 Å². The lowest BCUT2D eigenvalue weighted by Crippen LogP contribution is -2.54. The van der Waals surface area contributed by atoms with E-state index in [0.29, 0.717) is 0 Å². The molecule has 92 valence electrons. The quantitative estimate of drug-likeness (QED) is 0.619. The zero-order valence-corrected chi connectivity index (χ0v) is 9.95. The predicted molar refractivity (Wildman–Crippen MR) is 61.6 cm³/mol. The van der Waals surface area contributed by atoms with Crippen LogP contribution in [0, 0.1) is 5.92 Å². The number of carbonyl (C=O) groups excluding carboxylic acids is 2. The fraction of sp³-hybridized carbons (Fsp3) is 0.818. The van der Waals surface area contributed by atoms with E-state index in [1.165, 1.54) is 0 Å². The Morgan fingerprint density at radius 2 is 2.06 bits per heavy atom. The first kappa shape index (κ1) is 13.0. The molecule has 0 bridgehead atoms. The summed E-state index contributed by atoms with van der Waals surface area (Å²) in [6.45, 7) is 4.59. The maximum absolute atomic E-state index is 11.8. The Hall–Kier alpha value is -1.10. The third-order valence-electron chi connectivity index (χ3n) is 2.90. The highest BCUT2D eigenvalue weighted by atomic mass is 16.2. The van der Waals surface area contributed by atoms with Crippen molar-refractivity contribution in [3.05, 3.63) is 0 Å². The molecule has 0 aromatic carbocycles. The number of hydrogen-bond acceptors (Lipinski definition) is 3. The zero-order valence-electron chi connectivity index (χ0n) is 9.95. The molecular weight excluding hydrogens is 206 g/mol. The van der Waals surface area contributed by atoms with Crippen LogP contribution >= 0.6 is 0 Å². The average Bonchev–Trinajstić information content (AvgIpc) is 2.25. The summed E-state index contributed by atoms with van der Waals surface area (Å²) >= 11 is 0. The monoisotopic (exact) mass is 227 g/mol. The van der Waals surface area contributed by atoms with E-state index in [4.69, 9.17) is 5.73 Å². The van der Waals surface area contributed by atoms with Gasteiger partial charge in [-0.05, 0) is 25.3 Å². The van der Waals surface area contributed by atoms with Crippen molar-refractivity contribution < 1.29 is 9.59 Å². The molecule has 0 aromatic heterocycles. The minimum atomic E-state index is -0.573. The Morgan fingerprint density at radius 1 is 1.38 bits per heavy atom. The highest BCUT2D eigenvalue weighted by Gasteiger charge is 2.26. The lowest BCUT2D eigenvalue weighted by molar-refractivity contribution is -0.129. The van der Waals surface area contributed by atoms with Crippen LogP contribution in [-0.4, -0.2) is 30.4 Å². The van der Waals surface area contributed by atoms with Gasteiger partial charge in [0.15, 0.2) is 0 Å². The molecule has 0 spiro atoms. The molecular formula is C11H21N3O2. The van der Waals surface area contributed by atoms with Crippen LogP contribution in [0.2, 0.25) is 0 Å². The molecule has 0 saturated carbocycles. The summed E-state index contributed by atoms with van der Waals surface area (Å²) in [6.07, 6.45) is 2.98. The largest absolute Gasteiger partial charge is 0.368 e. The summed E-state index contributed by atoms with van der Waals surface area (Å²) in [6, 6.07) is -0.745. The number of nitrogens with one attached hydrogen (secondary N) is 2. The molecule has 0 radical (unpaired) electrons. The van der Waals surface area contributed by atoms with E-state index in [-0.39, 0.29) is 17.9 Å². The van der Waals surface area contributed by atoms with Crippen LogP contribution < -0.4 is 16.4 Å². The molecule has 1 rings (SSSR count). The van der Waals surface area contributed by atoms with Gasteiger partial charge in [0.05, 0.1) is 6.04 Å². The third kappa shape index (κ3) is 3.48. The molecule has 0 aromatic rings. The van der Waals surface area contributed by atoms with E-state index in [1.54, 1.807) is 0 Å². The highest BCUT2D eigenvalue weighted by molar-refractivity contribution is 5.89. The van der Waals surface area contributed by atoms with Gasteiger partial charge in [-0.2, -0.15) is 0 Å². The Kier molecular flexibility index (Phi) is 4.73. The summed E-state index contributed by atoms with van der Waals surface area (Å²) in [5, 5.41) is 5.85. The molecule has 1 aliphatic rings. The molecule has 4 N–H and O–H groups in total. The maximum atomic E-state index is 11.8. The van der Waals surface area contributed by atoms with Crippen molar-refractivity contribution >= 4 is 11.8 Å². The third-order valence-corrected chi connectivity index (χ3v) is 2.90. The molecule has 0 aliphatic carbocycles. The first-order chi connectivity index (χ1) is 7.52. The first-order valence-corrected chi connectivity index (χ1v) is 5.85. The van der Waals surface area contributed by atoms with Gasteiger partial charge >= 0.3 is 0 Å². The van der Waals surface area contributed by atoms with Gasteiger partial charge < -0.3 is 16.4 Å². The highest BCUT2D eigenvalue weighted by Crippen LogP contribution is 2.08. The number of amides is 2. The molecule has 1 aliphatic heterocycles. The molecule has 1 unspecified atom stereocenters. The Balaban J connectivity index is 2.50. The molecule has 16 heavy (non-hydrogen) atoms. The van der Waals surface area contributed by atoms with Crippen molar-refractivity contribution in [2.75, 3.05) is 6.54 Å². The first-order valence-electron chi connectivity index (χ1n) is 5.85. The van der Waals surface area contributed by atoms with Crippen molar-refractivity contribution in [1.82, 2.24) is 10.6 Å². The number of primary amides is 1. The standard InChI is InChI=1S/C11H21N3O2/c1-7(2)9(10(12)15)14-11(16)8-5-3-4-6-13-8/h7-9,13H,3-6H2,1-2H3,(H2,12,15)(H,14,16)/t8-,9?/m1/s1. The van der Waals surface area contributed by atoms with Crippen molar-refractivity contribution in [3.63, 3.8) is 0 Å². The minimum Gasteiger partial charge on any atom is -0.368 e. The molecule has 5 heteroatoms. The summed E-state index contributed by atoms with van der Waals surface area (Å²) in [5.74, 6) is -0.568. The number of piperidine rings is 1. The van der Waals surface area contributed by atoms with E-state index < -0.39 is 11.9 Å². The summed E-state index contributed by atoms with van der Waals surface area (Å²) in [5.41, 5.74) is 5.24. The van der Waals surface area contributed by atoms with Crippen LogP contribution in [0.25, 0.3) is 0 Å². The van der Waals surface area contributed by atoms with Crippen LogP contribution in [0.3, 0.4) is 0 Å². The van der Waals surface area contributed by atoms with Gasteiger partial charge in [-0.15, -0.1) is 0 Å². The van der Waals surface area contributed by atoms with E-state index in [9.17, 15) is 9.59 Å². The second-order valence-corrected chi connectivity index (χ2v) is 4.64. The molecule has 1 fully saturated rings. The van der Waals surface area contributed by atoms with Gasteiger partial charge in [0.1, 0.15) is 6.04 Å². The van der Waals surface area contributed by atoms with Gasteiger partial charge in [-0.3, -0.25) is 9.59 Å². The normalized spacial score (nSPS) is 22.8. The topological polar surface area (TPSA) is 84.2 Å². The van der Waals surface area contributed by atoms with E-state index in [1.807, 2.05) is 13.8 Å². The van der Waals surface area contributed by atoms with Crippen molar-refractivity contribution in [3.8, 4) is 0 Å². The van der Waals surface area contributed by atoms with Gasteiger partial charge in [0, 0.05) is 0 Å². The van der Waals surface area contributed by atoms with Crippen LogP contribution in [0.4, 0.5) is 0 Å². The van der Waals surface area contributed by atoms with Crippen LogP contribution in [0.15, 0.2) is 0 Å². The van der Waals surface area contributed by atoms with Gasteiger partial charge in [0.25, 0.3) is 0 Å². The summed E-state index contributed by atoms with van der Waals surface area (Å²) in [7, 11) is 0. The summed E-state index contributed by atoms with van der Waals surface area (Å²) < 4.78 is 0. The average molecular weight is 227 g/mol. The Morgan fingerprint density at radius 3 is 2.50 bits per heavy atom. The molecule has 2 amide bonds. The predicted octanol–water partition coefficient (Wildman–Crippen LogP) is -0.245. The minimum absolute atomic E-state index is 0.0186. The second kappa shape index (κ2) is 5.84. The maximum Gasteiger partial charge on any atom is 0.240 e. The van der Waals surface area contributed by atoms with Gasteiger partial charge in [-0.1, -0.05) is 20.3 Å². The van der Waals surface area contributed by atoms with Crippen LogP contribution in [0.1, 0.15) is 33.1 Å². The number of nitrogens with two attached hydrogens (primary N) is 1. The number of carbonyl (C=O) groups is 2. The van der Waals surface area contributed by atoms with E-state index in [2.05, 4.69) is 10.6 Å². The fourth-order valence-corrected chi connectivity index (χ4v) is 1.90. The van der Waals surface area contributed by atoms with Crippen molar-refractivity contribution in [2.45, 2.75) is 45.2 Å². The van der Waals surface area contributed by atoms with E-state index in [0.717, 1.165) is 25.8 Å². The lowest BCUT2D eigenvalue weighted by Gasteiger charge is -2.26. The Bertz CT molecular complexity index is 260. The molecule has 5 nitrogen and oxygen atoms in total. The van der Waals surface area contributed by atoms with Gasteiger partial charge in [0.2, 0.25) is 11.8 Å². The summed E-state index contributed by atoms with van der Waals surface area (Å²) in [4.78, 5) is 23.0. The SMILES string of the molecule is CC(C)C(NC(=O)[C@H]1CCCCN1)C(N)=O. The number of rotatable bonds is 4. The second-order valence-electron chi connectivity index (χ2n) is 4.64.